The molecule has 13 heteroatoms. The van der Waals surface area contributed by atoms with Crippen LogP contribution < -0.4 is 16.4 Å². The molecule has 2 aromatic heterocycles. The summed E-state index contributed by atoms with van der Waals surface area (Å²) in [6.45, 7) is 0. The van der Waals surface area contributed by atoms with E-state index in [0.29, 0.717) is 37.4 Å². The molecule has 35 heavy (non-hydrogen) atoms. The van der Waals surface area contributed by atoms with E-state index in [1.165, 1.54) is 6.20 Å². The van der Waals surface area contributed by atoms with Crippen LogP contribution in [-0.4, -0.2) is 37.4 Å². The number of alkyl halides is 2. The first kappa shape index (κ1) is 23.2. The van der Waals surface area contributed by atoms with Gasteiger partial charge in [0.1, 0.15) is 17.0 Å². The molecule has 2 fully saturated rings. The zero-order valence-corrected chi connectivity index (χ0v) is 18.4. The van der Waals surface area contributed by atoms with Gasteiger partial charge in [-0.2, -0.15) is 4.98 Å². The number of carbonyl (C=O) groups excluding carboxylic acids is 1. The lowest BCUT2D eigenvalue weighted by Crippen LogP contribution is -2.44. The number of fused-ring (bicyclic) bond motifs is 1. The van der Waals surface area contributed by atoms with Crippen LogP contribution in [0.4, 0.5) is 39.5 Å². The lowest BCUT2D eigenvalue weighted by molar-refractivity contribution is -0.122. The summed E-state index contributed by atoms with van der Waals surface area (Å²) in [4.78, 5) is 24.5. The largest absolute Gasteiger partial charge is 0.369 e. The van der Waals surface area contributed by atoms with E-state index in [-0.39, 0.29) is 42.2 Å². The second-order valence-corrected chi connectivity index (χ2v) is 9.06. The van der Waals surface area contributed by atoms with Crippen molar-refractivity contribution in [2.75, 3.05) is 10.6 Å². The Morgan fingerprint density at radius 1 is 1.06 bits per heavy atom. The Morgan fingerprint density at radius 3 is 2.40 bits per heavy atom. The molecule has 0 bridgehead atoms. The van der Waals surface area contributed by atoms with Crippen LogP contribution in [0.15, 0.2) is 18.3 Å². The summed E-state index contributed by atoms with van der Waals surface area (Å²) in [5.41, 5.74) is 5.31. The molecule has 0 aliphatic heterocycles. The summed E-state index contributed by atoms with van der Waals surface area (Å²) in [6, 6.07) is 0.714. The number of aromatic nitrogens is 4. The van der Waals surface area contributed by atoms with Gasteiger partial charge in [0.05, 0.1) is 6.20 Å². The number of halogens is 5. The minimum Gasteiger partial charge on any atom is -0.369 e. The van der Waals surface area contributed by atoms with Crippen molar-refractivity contribution in [3.63, 3.8) is 0 Å². The molecule has 2 aliphatic carbocycles. The lowest BCUT2D eigenvalue weighted by Gasteiger charge is -2.35. The van der Waals surface area contributed by atoms with Gasteiger partial charge in [-0.1, -0.05) is 0 Å². The Balaban J connectivity index is 1.52. The number of primary amides is 1. The first-order chi connectivity index (χ1) is 16.6. The third-order valence-electron chi connectivity index (χ3n) is 6.60. The van der Waals surface area contributed by atoms with Crippen LogP contribution in [0.2, 0.25) is 0 Å². The van der Waals surface area contributed by atoms with Crippen molar-refractivity contribution >= 4 is 34.7 Å². The maximum Gasteiger partial charge on any atom is 0.252 e. The van der Waals surface area contributed by atoms with E-state index < -0.39 is 41.0 Å². The smallest absolute Gasteiger partial charge is 0.252 e. The van der Waals surface area contributed by atoms with Gasteiger partial charge in [-0.3, -0.25) is 9.36 Å². The molecule has 2 aliphatic rings. The van der Waals surface area contributed by atoms with Crippen molar-refractivity contribution in [3.8, 4) is 0 Å². The van der Waals surface area contributed by atoms with Crippen molar-refractivity contribution in [1.82, 2.24) is 19.5 Å². The Kier molecular flexibility index (Phi) is 5.72. The number of nitrogens with zero attached hydrogens (tertiary/aromatic N) is 4. The number of imidazole rings is 1. The fraction of sp³-hybridized carbons (Fsp3) is 0.455. The van der Waals surface area contributed by atoms with Crippen molar-refractivity contribution in [3.05, 3.63) is 35.8 Å². The molecule has 2 saturated carbocycles. The standard InChI is InChI=1S/C22H22F5N7O/c23-13-5-6-14(24)17(16(13)25)32-21-31-15-9-29-20(30-11-7-22(26,27)8-11)33-19(15)34(21)12-3-1-10(2-4-12)18(28)35/h5-6,9-12H,1-4,7-8H2,(H2,28,35)(H,31,32)(H,29,30,33)/t10-,12+. The normalized spacial score (nSPS) is 22.1. The van der Waals surface area contributed by atoms with Gasteiger partial charge in [0, 0.05) is 30.8 Å². The van der Waals surface area contributed by atoms with Crippen LogP contribution in [0.5, 0.6) is 0 Å². The van der Waals surface area contributed by atoms with Crippen molar-refractivity contribution in [2.45, 2.75) is 56.5 Å². The highest BCUT2D eigenvalue weighted by Crippen LogP contribution is 2.40. The third-order valence-corrected chi connectivity index (χ3v) is 6.60. The quantitative estimate of drug-likeness (QED) is 0.345. The van der Waals surface area contributed by atoms with Crippen LogP contribution in [0.1, 0.15) is 44.6 Å². The lowest BCUT2D eigenvalue weighted by atomic mass is 9.85. The molecule has 186 valence electrons. The molecular formula is C22H22F5N7O. The number of anilines is 3. The number of benzene rings is 1. The molecule has 1 amide bonds. The third kappa shape index (κ3) is 4.46. The Labute approximate surface area is 196 Å². The molecule has 3 aromatic rings. The molecule has 0 saturated heterocycles. The summed E-state index contributed by atoms with van der Waals surface area (Å²) in [5.74, 6) is -6.94. The van der Waals surface area contributed by atoms with Crippen molar-refractivity contribution in [1.29, 1.82) is 0 Å². The Bertz CT molecular complexity index is 1280. The molecule has 1 aromatic carbocycles. The molecule has 0 radical (unpaired) electrons. The van der Waals surface area contributed by atoms with Crippen molar-refractivity contribution < 1.29 is 26.7 Å². The molecular weight excluding hydrogens is 473 g/mol. The second kappa shape index (κ2) is 8.61. The fourth-order valence-electron chi connectivity index (χ4n) is 4.71. The first-order valence-corrected chi connectivity index (χ1v) is 11.2. The van der Waals surface area contributed by atoms with E-state index in [4.69, 9.17) is 5.73 Å². The number of hydrogen-bond acceptors (Lipinski definition) is 6. The van der Waals surface area contributed by atoms with E-state index in [0.717, 1.165) is 6.07 Å². The van der Waals surface area contributed by atoms with Gasteiger partial charge in [-0.05, 0) is 37.8 Å². The maximum absolute atomic E-state index is 14.4. The summed E-state index contributed by atoms with van der Waals surface area (Å²) < 4.78 is 70.5. The monoisotopic (exact) mass is 495 g/mol. The number of nitrogens with two attached hydrogens (primary N) is 1. The number of nitrogens with one attached hydrogen (secondary N) is 2. The van der Waals surface area contributed by atoms with Gasteiger partial charge in [-0.15, -0.1) is 0 Å². The molecule has 8 nitrogen and oxygen atoms in total. The molecule has 0 spiro atoms. The van der Waals surface area contributed by atoms with Gasteiger partial charge in [0.2, 0.25) is 17.8 Å². The minimum absolute atomic E-state index is 0.00699. The van der Waals surface area contributed by atoms with E-state index in [2.05, 4.69) is 25.6 Å². The number of hydrogen-bond donors (Lipinski definition) is 3. The second-order valence-electron chi connectivity index (χ2n) is 9.06. The van der Waals surface area contributed by atoms with Crippen LogP contribution >= 0.6 is 0 Å². The van der Waals surface area contributed by atoms with Gasteiger partial charge in [-0.25, -0.2) is 31.9 Å². The highest BCUT2D eigenvalue weighted by molar-refractivity contribution is 5.78. The molecule has 0 unspecified atom stereocenters. The highest BCUT2D eigenvalue weighted by Gasteiger charge is 2.45. The van der Waals surface area contributed by atoms with Crippen LogP contribution in [-0.2, 0) is 4.79 Å². The predicted molar refractivity (Wildman–Crippen MR) is 117 cm³/mol. The molecule has 2 heterocycles. The minimum atomic E-state index is -2.72. The van der Waals surface area contributed by atoms with Crippen LogP contribution in [0.25, 0.3) is 11.2 Å². The van der Waals surface area contributed by atoms with Crippen molar-refractivity contribution in [2.24, 2.45) is 11.7 Å². The zero-order valence-electron chi connectivity index (χ0n) is 18.4. The van der Waals surface area contributed by atoms with Gasteiger partial charge < -0.3 is 16.4 Å². The number of carbonyl (C=O) groups is 1. The maximum atomic E-state index is 14.4. The average Bonchev–Trinajstić information content (AvgIpc) is 3.15. The molecule has 4 N–H and O–H groups in total. The van der Waals surface area contributed by atoms with E-state index >= 15 is 0 Å². The van der Waals surface area contributed by atoms with Gasteiger partial charge >= 0.3 is 0 Å². The Hall–Kier alpha value is -3.51. The SMILES string of the molecule is NC(=O)[C@H]1CC[C@@H](n2c(Nc3c(F)ccc(F)c3F)nc3cnc(NC4CC(F)(F)C4)nc32)CC1. The van der Waals surface area contributed by atoms with E-state index in [9.17, 15) is 26.7 Å². The van der Waals surface area contributed by atoms with Crippen LogP contribution in [0, 0.1) is 23.4 Å². The summed E-state index contributed by atoms with van der Waals surface area (Å²) in [5, 5.41) is 5.42. The fourth-order valence-corrected chi connectivity index (χ4v) is 4.71. The average molecular weight is 495 g/mol. The Morgan fingerprint density at radius 2 is 1.74 bits per heavy atom. The van der Waals surface area contributed by atoms with E-state index in [1.54, 1.807) is 4.57 Å². The van der Waals surface area contributed by atoms with E-state index in [1.807, 2.05) is 0 Å². The van der Waals surface area contributed by atoms with Gasteiger partial charge in [0.15, 0.2) is 17.3 Å². The van der Waals surface area contributed by atoms with Gasteiger partial charge in [0.25, 0.3) is 5.92 Å². The topological polar surface area (TPSA) is 111 Å². The molecule has 0 atom stereocenters. The summed E-state index contributed by atoms with van der Waals surface area (Å²) in [6.07, 6.45) is 2.69. The summed E-state index contributed by atoms with van der Waals surface area (Å²) >= 11 is 0. The summed E-state index contributed by atoms with van der Waals surface area (Å²) in [7, 11) is 0. The van der Waals surface area contributed by atoms with Crippen LogP contribution in [0.3, 0.4) is 0 Å². The predicted octanol–water partition coefficient (Wildman–Crippen LogP) is 4.41. The molecule has 5 rings (SSSR count). The number of rotatable bonds is 6. The first-order valence-electron chi connectivity index (χ1n) is 11.2. The zero-order chi connectivity index (χ0) is 24.9. The number of amides is 1. The highest BCUT2D eigenvalue weighted by atomic mass is 19.3.